The molecule has 1 aromatic heterocycles. The Morgan fingerprint density at radius 2 is 2.12 bits per heavy atom. The van der Waals surface area contributed by atoms with Gasteiger partial charge in [0.25, 0.3) is 0 Å². The van der Waals surface area contributed by atoms with Gasteiger partial charge in [0.2, 0.25) is 0 Å². The van der Waals surface area contributed by atoms with Crippen molar-refractivity contribution in [3.05, 3.63) is 18.0 Å². The molecule has 0 spiro atoms. The molecule has 3 N–H and O–H groups in total. The monoisotopic (exact) mass is 243 g/mol. The van der Waals surface area contributed by atoms with Crippen molar-refractivity contribution in [2.45, 2.75) is 24.7 Å². The Kier molecular flexibility index (Phi) is 6.32. The summed E-state index contributed by atoms with van der Waals surface area (Å²) in [6, 6.07) is 0. The Morgan fingerprint density at radius 3 is 2.69 bits per heavy atom. The van der Waals surface area contributed by atoms with Crippen LogP contribution in [-0.2, 0) is 6.54 Å². The van der Waals surface area contributed by atoms with Crippen molar-refractivity contribution < 1.29 is 10.2 Å². The first-order valence-corrected chi connectivity index (χ1v) is 6.18. The molecule has 5 nitrogen and oxygen atoms in total. The predicted octanol–water partition coefficient (Wildman–Crippen LogP) is 0.0314. The first-order chi connectivity index (χ1) is 7.76. The highest BCUT2D eigenvalue weighted by atomic mass is 32.2. The molecule has 0 aliphatic heterocycles. The summed E-state index contributed by atoms with van der Waals surface area (Å²) in [5.74, 6) is 0.406. The van der Waals surface area contributed by atoms with Crippen LogP contribution in [0.15, 0.2) is 17.6 Å². The molecular weight excluding hydrogens is 226 g/mol. The fourth-order valence-corrected chi connectivity index (χ4v) is 1.70. The summed E-state index contributed by atoms with van der Waals surface area (Å²) in [5, 5.41) is 21.6. The molecule has 1 rings (SSSR count). The fraction of sp³-hybridized carbons (Fsp3) is 0.600. The van der Waals surface area contributed by atoms with E-state index < -0.39 is 6.10 Å². The Labute approximate surface area is 99.3 Å². The summed E-state index contributed by atoms with van der Waals surface area (Å²) < 4.78 is 0. The molecule has 0 fully saturated rings. The van der Waals surface area contributed by atoms with E-state index in [9.17, 15) is 0 Å². The molecule has 0 saturated carbocycles. The number of aliphatic hydroxyl groups is 2. The van der Waals surface area contributed by atoms with Crippen LogP contribution in [-0.4, -0.2) is 45.2 Å². The molecule has 0 aliphatic carbocycles. The normalized spacial score (nSPS) is 12.7. The fourth-order valence-electron chi connectivity index (χ4n) is 1.00. The van der Waals surface area contributed by atoms with E-state index in [0.717, 1.165) is 18.7 Å². The first-order valence-electron chi connectivity index (χ1n) is 5.19. The van der Waals surface area contributed by atoms with Gasteiger partial charge in [0.05, 0.1) is 12.7 Å². The summed E-state index contributed by atoms with van der Waals surface area (Å²) in [7, 11) is 0. The largest absolute Gasteiger partial charge is 0.394 e. The van der Waals surface area contributed by atoms with E-state index in [-0.39, 0.29) is 6.61 Å². The van der Waals surface area contributed by atoms with Crippen LogP contribution in [0.2, 0.25) is 0 Å². The number of hydrogen-bond acceptors (Lipinski definition) is 6. The van der Waals surface area contributed by atoms with Crippen LogP contribution >= 0.6 is 11.8 Å². The maximum Gasteiger partial charge on any atom is 0.187 e. The van der Waals surface area contributed by atoms with Crippen LogP contribution in [0.3, 0.4) is 0 Å². The SMILES string of the molecule is CCNCc1cnc(SCC(O)CO)nc1. The van der Waals surface area contributed by atoms with E-state index in [0.29, 0.717) is 10.9 Å². The van der Waals surface area contributed by atoms with Crippen LogP contribution in [0.1, 0.15) is 12.5 Å². The molecule has 0 saturated heterocycles. The predicted molar refractivity (Wildman–Crippen MR) is 63.2 cm³/mol. The number of hydrogen-bond donors (Lipinski definition) is 3. The van der Waals surface area contributed by atoms with Crippen molar-refractivity contribution in [1.29, 1.82) is 0 Å². The van der Waals surface area contributed by atoms with Crippen LogP contribution in [0.5, 0.6) is 0 Å². The summed E-state index contributed by atoms with van der Waals surface area (Å²) in [6.45, 7) is 3.49. The quantitative estimate of drug-likeness (QED) is 0.463. The topological polar surface area (TPSA) is 78.3 Å². The van der Waals surface area contributed by atoms with Crippen molar-refractivity contribution in [3.8, 4) is 0 Å². The highest BCUT2D eigenvalue weighted by molar-refractivity contribution is 7.99. The van der Waals surface area contributed by atoms with Gasteiger partial charge in [0.1, 0.15) is 0 Å². The zero-order valence-corrected chi connectivity index (χ0v) is 10.1. The molecule has 1 atom stereocenters. The van der Waals surface area contributed by atoms with E-state index in [4.69, 9.17) is 10.2 Å². The average molecular weight is 243 g/mol. The molecule has 6 heteroatoms. The molecule has 1 heterocycles. The number of thioether (sulfide) groups is 1. The van der Waals surface area contributed by atoms with Crippen LogP contribution in [0, 0.1) is 0 Å². The molecule has 16 heavy (non-hydrogen) atoms. The lowest BCUT2D eigenvalue weighted by molar-refractivity contribution is 0.113. The second-order valence-corrected chi connectivity index (χ2v) is 4.29. The first kappa shape index (κ1) is 13.4. The Morgan fingerprint density at radius 1 is 1.44 bits per heavy atom. The molecule has 0 aromatic carbocycles. The summed E-state index contributed by atoms with van der Waals surface area (Å²) >= 11 is 1.33. The van der Waals surface area contributed by atoms with E-state index in [1.807, 2.05) is 6.92 Å². The smallest absolute Gasteiger partial charge is 0.187 e. The lowest BCUT2D eigenvalue weighted by Gasteiger charge is -2.05. The van der Waals surface area contributed by atoms with Crippen molar-refractivity contribution in [1.82, 2.24) is 15.3 Å². The number of rotatable bonds is 7. The van der Waals surface area contributed by atoms with Gasteiger partial charge in [0, 0.05) is 30.3 Å². The Bertz CT molecular complexity index is 295. The minimum absolute atomic E-state index is 0.231. The zero-order chi connectivity index (χ0) is 11.8. The minimum Gasteiger partial charge on any atom is -0.394 e. The van der Waals surface area contributed by atoms with Gasteiger partial charge in [-0.1, -0.05) is 18.7 Å². The van der Waals surface area contributed by atoms with Crippen LogP contribution < -0.4 is 5.32 Å². The third-order valence-corrected chi connectivity index (χ3v) is 2.90. The van der Waals surface area contributed by atoms with Gasteiger partial charge in [0.15, 0.2) is 5.16 Å². The molecule has 0 bridgehead atoms. The summed E-state index contributed by atoms with van der Waals surface area (Å²) in [5.41, 5.74) is 1.04. The molecule has 90 valence electrons. The van der Waals surface area contributed by atoms with Crippen molar-refractivity contribution in [2.75, 3.05) is 18.9 Å². The van der Waals surface area contributed by atoms with Crippen molar-refractivity contribution in [3.63, 3.8) is 0 Å². The standard InChI is InChI=1S/C10H17N3O2S/c1-2-11-3-8-4-12-10(13-5-8)16-7-9(15)6-14/h4-5,9,11,14-15H,2-3,6-7H2,1H3. The Balaban J connectivity index is 2.38. The maximum atomic E-state index is 9.15. The van der Waals surface area contributed by atoms with Gasteiger partial charge in [-0.3, -0.25) is 0 Å². The molecule has 1 aromatic rings. The third-order valence-electron chi connectivity index (χ3n) is 1.88. The average Bonchev–Trinajstić information content (AvgIpc) is 2.34. The molecule has 0 amide bonds. The number of nitrogens with zero attached hydrogens (tertiary/aromatic N) is 2. The van der Waals surface area contributed by atoms with E-state index >= 15 is 0 Å². The van der Waals surface area contributed by atoms with Gasteiger partial charge in [-0.05, 0) is 6.54 Å². The molecule has 0 aliphatic rings. The lowest BCUT2D eigenvalue weighted by atomic mass is 10.3. The summed E-state index contributed by atoms with van der Waals surface area (Å²) in [4.78, 5) is 8.31. The van der Waals surface area contributed by atoms with Crippen LogP contribution in [0.25, 0.3) is 0 Å². The van der Waals surface area contributed by atoms with Gasteiger partial charge >= 0.3 is 0 Å². The van der Waals surface area contributed by atoms with Crippen LogP contribution in [0.4, 0.5) is 0 Å². The van der Waals surface area contributed by atoms with E-state index in [2.05, 4.69) is 15.3 Å². The van der Waals surface area contributed by atoms with Gasteiger partial charge in [-0.15, -0.1) is 0 Å². The lowest BCUT2D eigenvalue weighted by Crippen LogP contribution is -2.15. The van der Waals surface area contributed by atoms with Gasteiger partial charge in [-0.2, -0.15) is 0 Å². The summed E-state index contributed by atoms with van der Waals surface area (Å²) in [6.07, 6.45) is 2.82. The molecule has 0 radical (unpaired) electrons. The molecule has 1 unspecified atom stereocenters. The Hall–Kier alpha value is -0.690. The maximum absolute atomic E-state index is 9.15. The second kappa shape index (κ2) is 7.56. The number of aromatic nitrogens is 2. The van der Waals surface area contributed by atoms with Crippen molar-refractivity contribution >= 4 is 11.8 Å². The zero-order valence-electron chi connectivity index (χ0n) is 9.26. The third kappa shape index (κ3) is 4.89. The highest BCUT2D eigenvalue weighted by Gasteiger charge is 2.04. The molecular formula is C10H17N3O2S. The van der Waals surface area contributed by atoms with E-state index in [1.54, 1.807) is 12.4 Å². The minimum atomic E-state index is -0.713. The second-order valence-electron chi connectivity index (χ2n) is 3.30. The number of aliphatic hydroxyl groups excluding tert-OH is 2. The van der Waals surface area contributed by atoms with Crippen molar-refractivity contribution in [2.24, 2.45) is 0 Å². The van der Waals surface area contributed by atoms with E-state index in [1.165, 1.54) is 11.8 Å². The number of nitrogens with one attached hydrogen (secondary N) is 1. The highest BCUT2D eigenvalue weighted by Crippen LogP contribution is 2.13. The van der Waals surface area contributed by atoms with Gasteiger partial charge < -0.3 is 15.5 Å². The van der Waals surface area contributed by atoms with Gasteiger partial charge in [-0.25, -0.2) is 9.97 Å².